The summed E-state index contributed by atoms with van der Waals surface area (Å²) in [5.41, 5.74) is 0.246. The predicted octanol–water partition coefficient (Wildman–Crippen LogP) is 7.54. The van der Waals surface area contributed by atoms with E-state index in [2.05, 4.69) is 48.7 Å². The summed E-state index contributed by atoms with van der Waals surface area (Å²) in [6.07, 6.45) is -4.85. The number of benzene rings is 1. The van der Waals surface area contributed by atoms with Gasteiger partial charge in [0.25, 0.3) is 0 Å². The van der Waals surface area contributed by atoms with E-state index in [0.717, 1.165) is 16.6 Å². The smallest absolute Gasteiger partial charge is 0.389 e. The van der Waals surface area contributed by atoms with Crippen LogP contribution in [0.5, 0.6) is 0 Å². The van der Waals surface area contributed by atoms with Crippen molar-refractivity contribution in [2.24, 2.45) is 0 Å². The third-order valence-corrected chi connectivity index (χ3v) is 14.1. The first kappa shape index (κ1) is 35.0. The quantitative estimate of drug-likeness (QED) is 0.103. The summed E-state index contributed by atoms with van der Waals surface area (Å²) in [7, 11) is -1.98. The Morgan fingerprint density at radius 3 is 2.29 bits per heavy atom. The van der Waals surface area contributed by atoms with Crippen molar-refractivity contribution in [2.45, 2.75) is 95.8 Å². The molecule has 2 unspecified atom stereocenters. The molecule has 1 aromatic carbocycles. The number of aliphatic hydroxyl groups is 1. The standard InChI is InChI=1S/C32H42F3N5O3SSi/c1-29(2,3)44(42)39-31(41,17-18-32(33,34)35)27-13-10-12-25(38-27)22-15-16-23-20-36-40(26(23)19-22)28-14-9-11-24(37-28)21-43-45(7,8)30(4,5)6/h9-16,19-20,39,41H,17-18,21H2,1-8H3. The van der Waals surface area contributed by atoms with Gasteiger partial charge in [0.1, 0.15) is 4.75 Å². The molecule has 45 heavy (non-hydrogen) atoms. The lowest BCUT2D eigenvalue weighted by Gasteiger charge is -2.36. The van der Waals surface area contributed by atoms with Crippen LogP contribution < -0.4 is 4.72 Å². The second-order valence-corrected chi connectivity index (χ2v) is 20.5. The number of aromatic nitrogens is 4. The van der Waals surface area contributed by atoms with Gasteiger partial charge in [0.2, 0.25) is 5.72 Å². The second-order valence-electron chi connectivity index (χ2n) is 13.7. The van der Waals surface area contributed by atoms with Crippen LogP contribution in [0, 0.1) is 0 Å². The lowest BCUT2D eigenvalue weighted by atomic mass is 10.0. The minimum atomic E-state index is -4.53. The average Bonchev–Trinajstić information content (AvgIpc) is 3.37. The van der Waals surface area contributed by atoms with Gasteiger partial charge < -0.3 is 14.1 Å². The van der Waals surface area contributed by atoms with E-state index in [4.69, 9.17) is 9.41 Å². The monoisotopic (exact) mass is 661 g/mol. The van der Waals surface area contributed by atoms with Gasteiger partial charge in [-0.1, -0.05) is 45.0 Å². The van der Waals surface area contributed by atoms with Crippen LogP contribution >= 0.6 is 0 Å². The largest absolute Gasteiger partial charge is 0.598 e. The number of fused-ring (bicyclic) bond motifs is 1. The molecule has 244 valence electrons. The molecule has 4 rings (SSSR count). The van der Waals surface area contributed by atoms with Crippen LogP contribution in [0.4, 0.5) is 13.2 Å². The van der Waals surface area contributed by atoms with E-state index in [1.807, 2.05) is 36.4 Å². The average molecular weight is 662 g/mol. The molecule has 2 N–H and O–H groups in total. The zero-order valence-corrected chi connectivity index (χ0v) is 28.8. The van der Waals surface area contributed by atoms with Gasteiger partial charge in [-0.05, 0) is 69.2 Å². The molecule has 0 bridgehead atoms. The predicted molar refractivity (Wildman–Crippen MR) is 174 cm³/mol. The zero-order valence-electron chi connectivity index (χ0n) is 27.0. The lowest BCUT2D eigenvalue weighted by Crippen LogP contribution is -2.52. The molecule has 0 aliphatic heterocycles. The van der Waals surface area contributed by atoms with Crippen molar-refractivity contribution in [2.75, 3.05) is 0 Å². The minimum absolute atomic E-state index is 0.0634. The van der Waals surface area contributed by atoms with Crippen LogP contribution in [0.2, 0.25) is 18.1 Å². The highest BCUT2D eigenvalue weighted by Crippen LogP contribution is 2.37. The van der Waals surface area contributed by atoms with Gasteiger partial charge in [-0.15, -0.1) is 4.72 Å². The van der Waals surface area contributed by atoms with Gasteiger partial charge in [0.05, 0.1) is 35.4 Å². The highest BCUT2D eigenvalue weighted by molar-refractivity contribution is 7.90. The lowest BCUT2D eigenvalue weighted by molar-refractivity contribution is -0.149. The van der Waals surface area contributed by atoms with Crippen LogP contribution in [0.25, 0.3) is 28.0 Å². The van der Waals surface area contributed by atoms with E-state index in [0.29, 0.717) is 23.7 Å². The SMILES string of the molecule is CC(C)(C)[S+]([O-])NC(O)(CCC(F)(F)F)c1cccc(-c2ccc3cnn(-c4cccc(CO[Si](C)(C)C(C)(C)C)n4)c3c2)n1. The van der Waals surface area contributed by atoms with E-state index in [1.165, 1.54) is 6.07 Å². The van der Waals surface area contributed by atoms with Gasteiger partial charge in [0, 0.05) is 35.2 Å². The Morgan fingerprint density at radius 1 is 0.956 bits per heavy atom. The summed E-state index contributed by atoms with van der Waals surface area (Å²) in [6, 6.07) is 16.0. The van der Waals surface area contributed by atoms with E-state index >= 15 is 0 Å². The van der Waals surface area contributed by atoms with Gasteiger partial charge in [0.15, 0.2) is 14.1 Å². The van der Waals surface area contributed by atoms with Crippen LogP contribution in [-0.2, 0) is 28.1 Å². The molecule has 0 saturated carbocycles. The first-order chi connectivity index (χ1) is 20.7. The number of hydrogen-bond acceptors (Lipinski definition) is 7. The molecule has 0 radical (unpaired) electrons. The molecule has 4 aromatic rings. The summed E-state index contributed by atoms with van der Waals surface area (Å²) in [5, 5.41) is 16.9. The molecule has 0 amide bonds. The first-order valence-corrected chi connectivity index (χ1v) is 18.8. The third-order valence-electron chi connectivity index (χ3n) is 8.02. The van der Waals surface area contributed by atoms with E-state index in [9.17, 15) is 22.8 Å². The minimum Gasteiger partial charge on any atom is -0.598 e. The Balaban J connectivity index is 1.68. The maximum atomic E-state index is 13.2. The molecule has 13 heteroatoms. The summed E-state index contributed by atoms with van der Waals surface area (Å²) < 4.78 is 62.3. The van der Waals surface area contributed by atoms with Gasteiger partial charge in [-0.25, -0.2) is 14.6 Å². The van der Waals surface area contributed by atoms with Crippen LogP contribution in [0.1, 0.15) is 65.8 Å². The number of nitrogens with one attached hydrogen (secondary N) is 1. The molecule has 0 aliphatic carbocycles. The van der Waals surface area contributed by atoms with Gasteiger partial charge in [-0.3, -0.25) is 0 Å². The Kier molecular flexibility index (Phi) is 9.94. The first-order valence-electron chi connectivity index (χ1n) is 14.7. The highest BCUT2D eigenvalue weighted by atomic mass is 32.2. The van der Waals surface area contributed by atoms with E-state index < -0.39 is 49.2 Å². The van der Waals surface area contributed by atoms with Crippen molar-refractivity contribution in [3.63, 3.8) is 0 Å². The number of rotatable bonds is 10. The maximum Gasteiger partial charge on any atom is 0.389 e. The van der Waals surface area contributed by atoms with E-state index in [-0.39, 0.29) is 10.7 Å². The zero-order chi connectivity index (χ0) is 33.4. The number of nitrogens with zero attached hydrogens (tertiary/aromatic N) is 4. The van der Waals surface area contributed by atoms with Crippen LogP contribution in [-0.4, -0.2) is 48.6 Å². The number of alkyl halides is 3. The van der Waals surface area contributed by atoms with Crippen molar-refractivity contribution in [1.29, 1.82) is 0 Å². The van der Waals surface area contributed by atoms with Crippen molar-refractivity contribution < 1.29 is 27.3 Å². The number of halogens is 3. The summed E-state index contributed by atoms with van der Waals surface area (Å²) >= 11 is -1.87. The number of hydrogen-bond donors (Lipinski definition) is 2. The second kappa shape index (κ2) is 12.8. The molecule has 3 heterocycles. The Morgan fingerprint density at radius 2 is 1.64 bits per heavy atom. The van der Waals surface area contributed by atoms with Crippen molar-refractivity contribution >= 4 is 30.6 Å². The third kappa shape index (κ3) is 8.51. The summed E-state index contributed by atoms with van der Waals surface area (Å²) in [5.74, 6) is 0.607. The fourth-order valence-corrected chi connectivity index (χ4v) is 5.94. The van der Waals surface area contributed by atoms with Gasteiger partial charge in [-0.2, -0.15) is 18.3 Å². The molecule has 8 nitrogen and oxygen atoms in total. The van der Waals surface area contributed by atoms with E-state index in [1.54, 1.807) is 43.8 Å². The summed E-state index contributed by atoms with van der Waals surface area (Å²) in [4.78, 5) is 9.36. The molecule has 3 aromatic heterocycles. The molecule has 0 saturated heterocycles. The molecular formula is C32H42F3N5O3SSi. The van der Waals surface area contributed by atoms with Crippen molar-refractivity contribution in [1.82, 2.24) is 24.5 Å². The fraction of sp³-hybridized carbons (Fsp3) is 0.469. The maximum absolute atomic E-state index is 13.2. The Hall–Kier alpha value is -2.81. The molecule has 0 fully saturated rings. The molecular weight excluding hydrogens is 620 g/mol. The molecule has 0 aliphatic rings. The molecule has 2 atom stereocenters. The van der Waals surface area contributed by atoms with Crippen LogP contribution in [0.3, 0.4) is 0 Å². The van der Waals surface area contributed by atoms with Crippen LogP contribution in [0.15, 0.2) is 60.8 Å². The Bertz CT molecular complexity index is 1630. The highest BCUT2D eigenvalue weighted by Gasteiger charge is 2.43. The topological polar surface area (TPSA) is 108 Å². The number of pyridine rings is 2. The van der Waals surface area contributed by atoms with Gasteiger partial charge >= 0.3 is 6.18 Å². The molecule has 0 spiro atoms. The fourth-order valence-electron chi connectivity index (χ4n) is 4.18. The van der Waals surface area contributed by atoms with Crippen molar-refractivity contribution in [3.05, 3.63) is 72.2 Å². The van der Waals surface area contributed by atoms with Crippen molar-refractivity contribution in [3.8, 4) is 17.1 Å². The summed E-state index contributed by atoms with van der Waals surface area (Å²) in [6.45, 7) is 16.3. The normalized spacial score (nSPS) is 15.3. The Labute approximate surface area is 266 Å².